The Morgan fingerprint density at radius 3 is 2.50 bits per heavy atom. The maximum absolute atomic E-state index is 12.7. The van der Waals surface area contributed by atoms with Gasteiger partial charge in [-0.25, -0.2) is 4.98 Å². The number of carbonyl (C=O) groups excluding carboxylic acids is 2. The minimum atomic E-state index is -0.731. The molecule has 0 aliphatic carbocycles. The average Bonchev–Trinajstić information content (AvgIpc) is 2.91. The molecule has 2 amide bonds. The highest BCUT2D eigenvalue weighted by Gasteiger charge is 2.47. The summed E-state index contributed by atoms with van der Waals surface area (Å²) in [7, 11) is 3.47. The lowest BCUT2D eigenvalue weighted by Gasteiger charge is -2.35. The van der Waals surface area contributed by atoms with Crippen molar-refractivity contribution >= 4 is 23.2 Å². The lowest BCUT2D eigenvalue weighted by Crippen LogP contribution is -2.55. The third-order valence-electron chi connectivity index (χ3n) is 3.85. The van der Waals surface area contributed by atoms with Crippen LogP contribution in [0.1, 0.15) is 40.1 Å². The van der Waals surface area contributed by atoms with E-state index in [0.717, 1.165) is 17.1 Å². The summed E-state index contributed by atoms with van der Waals surface area (Å²) >= 11 is 1.40. The third kappa shape index (κ3) is 2.32. The lowest BCUT2D eigenvalue weighted by atomic mass is 9.97. The molecule has 20 heavy (non-hydrogen) atoms. The highest BCUT2D eigenvalue weighted by Crippen LogP contribution is 2.33. The van der Waals surface area contributed by atoms with Crippen LogP contribution in [0, 0.1) is 13.8 Å². The largest absolute Gasteiger partial charge is 0.347 e. The number of hydrogen-bond donors (Lipinski definition) is 0. The van der Waals surface area contributed by atoms with E-state index in [4.69, 9.17) is 0 Å². The predicted molar refractivity (Wildman–Crippen MR) is 79.0 cm³/mol. The summed E-state index contributed by atoms with van der Waals surface area (Å²) in [6.07, 6.45) is 1.57. The molecule has 5 nitrogen and oxygen atoms in total. The molecule has 0 radical (unpaired) electrons. The van der Waals surface area contributed by atoms with Gasteiger partial charge in [0, 0.05) is 20.6 Å². The molecular formula is C14H21N3O2S. The zero-order valence-corrected chi connectivity index (χ0v) is 13.5. The maximum Gasteiger partial charge on any atom is 0.266 e. The Hall–Kier alpha value is -1.43. The number of aryl methyl sites for hydroxylation is 2. The molecule has 1 aliphatic heterocycles. The quantitative estimate of drug-likeness (QED) is 0.836. The fourth-order valence-corrected chi connectivity index (χ4v) is 3.71. The second-order valence-electron chi connectivity index (χ2n) is 5.68. The molecule has 0 aromatic carbocycles. The third-order valence-corrected chi connectivity index (χ3v) is 4.91. The number of hydrogen-bond acceptors (Lipinski definition) is 4. The molecule has 1 aromatic heterocycles. The zero-order chi connectivity index (χ0) is 15.1. The average molecular weight is 295 g/mol. The van der Waals surface area contributed by atoms with E-state index in [0.29, 0.717) is 17.8 Å². The lowest BCUT2D eigenvalue weighted by molar-refractivity contribution is -0.138. The first kappa shape index (κ1) is 15.0. The van der Waals surface area contributed by atoms with Gasteiger partial charge in [-0.15, -0.1) is 11.3 Å². The van der Waals surface area contributed by atoms with Gasteiger partial charge in [0.1, 0.15) is 10.4 Å². The van der Waals surface area contributed by atoms with E-state index in [1.54, 1.807) is 23.9 Å². The zero-order valence-electron chi connectivity index (χ0n) is 12.7. The fourth-order valence-electron chi connectivity index (χ4n) is 2.85. The Morgan fingerprint density at radius 2 is 2.00 bits per heavy atom. The van der Waals surface area contributed by atoms with E-state index in [1.165, 1.54) is 11.3 Å². The molecule has 1 saturated heterocycles. The highest BCUT2D eigenvalue weighted by atomic mass is 32.1. The summed E-state index contributed by atoms with van der Waals surface area (Å²) in [4.78, 5) is 33.4. The number of likely N-dealkylation sites (tertiary alicyclic amines) is 1. The molecule has 2 rings (SSSR count). The summed E-state index contributed by atoms with van der Waals surface area (Å²) in [5, 5.41) is 0.880. The number of rotatable bonds is 2. The molecule has 1 aromatic rings. The van der Waals surface area contributed by atoms with Crippen molar-refractivity contribution in [3.05, 3.63) is 15.6 Å². The van der Waals surface area contributed by atoms with Gasteiger partial charge in [-0.1, -0.05) is 0 Å². The molecule has 1 atom stereocenters. The van der Waals surface area contributed by atoms with Crippen LogP contribution in [-0.4, -0.2) is 52.8 Å². The molecule has 0 spiro atoms. The summed E-state index contributed by atoms with van der Waals surface area (Å²) < 4.78 is 0. The predicted octanol–water partition coefficient (Wildman–Crippen LogP) is 1.84. The molecular weight excluding hydrogens is 274 g/mol. The summed E-state index contributed by atoms with van der Waals surface area (Å²) in [6, 6.07) is 0. The Bertz CT molecular complexity index is 553. The van der Waals surface area contributed by atoms with E-state index in [1.807, 2.05) is 20.8 Å². The van der Waals surface area contributed by atoms with Crippen molar-refractivity contribution < 1.29 is 9.59 Å². The molecule has 0 N–H and O–H groups in total. The fraction of sp³-hybridized carbons (Fsp3) is 0.643. The number of amides is 2. The van der Waals surface area contributed by atoms with E-state index in [9.17, 15) is 9.59 Å². The van der Waals surface area contributed by atoms with Gasteiger partial charge in [-0.05, 0) is 33.6 Å². The molecule has 6 heteroatoms. The topological polar surface area (TPSA) is 53.5 Å². The first-order chi connectivity index (χ1) is 9.27. The van der Waals surface area contributed by atoms with Gasteiger partial charge in [0.05, 0.1) is 10.7 Å². The van der Waals surface area contributed by atoms with E-state index in [2.05, 4.69) is 4.98 Å². The van der Waals surface area contributed by atoms with Gasteiger partial charge in [0.15, 0.2) is 0 Å². The Balaban J connectivity index is 2.34. The summed E-state index contributed by atoms with van der Waals surface area (Å²) in [5.74, 6) is -0.0782. The van der Waals surface area contributed by atoms with Crippen LogP contribution in [0.4, 0.5) is 0 Å². The van der Waals surface area contributed by atoms with Crippen LogP contribution < -0.4 is 0 Å². The van der Waals surface area contributed by atoms with E-state index >= 15 is 0 Å². The van der Waals surface area contributed by atoms with Crippen LogP contribution in [0.3, 0.4) is 0 Å². The molecule has 0 saturated carbocycles. The molecule has 1 aliphatic rings. The standard InChI is InChI=1S/C14H21N3O2S/c1-9-11(20-10(2)15-9)12(18)17-8-6-7-14(17,3)13(19)16(4)5/h6-8H2,1-5H3/t14-/m1/s1. The smallest absolute Gasteiger partial charge is 0.266 e. The molecule has 110 valence electrons. The number of nitrogens with zero attached hydrogens (tertiary/aromatic N) is 3. The van der Waals surface area contributed by atoms with Crippen molar-refractivity contribution in [3.63, 3.8) is 0 Å². The number of thiazole rings is 1. The van der Waals surface area contributed by atoms with Gasteiger partial charge in [-0.2, -0.15) is 0 Å². The summed E-state index contributed by atoms with van der Waals surface area (Å²) in [6.45, 7) is 6.23. The number of carbonyl (C=O) groups is 2. The van der Waals surface area contributed by atoms with E-state index in [-0.39, 0.29) is 11.8 Å². The van der Waals surface area contributed by atoms with Crippen molar-refractivity contribution in [2.45, 2.75) is 39.2 Å². The van der Waals surface area contributed by atoms with Crippen LogP contribution in [0.15, 0.2) is 0 Å². The van der Waals surface area contributed by atoms with Crippen LogP contribution in [0.2, 0.25) is 0 Å². The van der Waals surface area contributed by atoms with E-state index < -0.39 is 5.54 Å². The molecule has 0 bridgehead atoms. The minimum absolute atomic E-state index is 0.0118. The summed E-state index contributed by atoms with van der Waals surface area (Å²) in [5.41, 5.74) is 0.0225. The van der Waals surface area contributed by atoms with Crippen molar-refractivity contribution in [2.75, 3.05) is 20.6 Å². The van der Waals surface area contributed by atoms with Crippen LogP contribution >= 0.6 is 11.3 Å². The number of aromatic nitrogens is 1. The first-order valence-electron chi connectivity index (χ1n) is 6.75. The van der Waals surface area contributed by atoms with Gasteiger partial charge in [-0.3, -0.25) is 9.59 Å². The normalized spacial score (nSPS) is 22.1. The van der Waals surface area contributed by atoms with Crippen molar-refractivity contribution in [1.29, 1.82) is 0 Å². The minimum Gasteiger partial charge on any atom is -0.347 e. The monoisotopic (exact) mass is 295 g/mol. The van der Waals surface area contributed by atoms with Gasteiger partial charge < -0.3 is 9.80 Å². The Kier molecular flexibility index (Phi) is 3.86. The first-order valence-corrected chi connectivity index (χ1v) is 7.57. The van der Waals surface area contributed by atoms with Crippen molar-refractivity contribution in [1.82, 2.24) is 14.8 Å². The Labute approximate surface area is 123 Å². The molecule has 0 unspecified atom stereocenters. The highest BCUT2D eigenvalue weighted by molar-refractivity contribution is 7.13. The second-order valence-corrected chi connectivity index (χ2v) is 6.88. The van der Waals surface area contributed by atoms with Gasteiger partial charge in [0.25, 0.3) is 5.91 Å². The Morgan fingerprint density at radius 1 is 1.35 bits per heavy atom. The number of likely N-dealkylation sites (N-methyl/N-ethyl adjacent to an activating group) is 1. The molecule has 1 fully saturated rings. The van der Waals surface area contributed by atoms with Crippen molar-refractivity contribution in [3.8, 4) is 0 Å². The van der Waals surface area contributed by atoms with Crippen LogP contribution in [0.5, 0.6) is 0 Å². The van der Waals surface area contributed by atoms with Gasteiger partial charge >= 0.3 is 0 Å². The molecule has 2 heterocycles. The second kappa shape index (κ2) is 5.16. The SMILES string of the molecule is Cc1nc(C)c(C(=O)N2CCC[C@]2(C)C(=O)N(C)C)s1. The van der Waals surface area contributed by atoms with Gasteiger partial charge in [0.2, 0.25) is 5.91 Å². The maximum atomic E-state index is 12.7. The van der Waals surface area contributed by atoms with Crippen LogP contribution in [-0.2, 0) is 4.79 Å². The van der Waals surface area contributed by atoms with Crippen molar-refractivity contribution in [2.24, 2.45) is 0 Å². The van der Waals surface area contributed by atoms with Crippen LogP contribution in [0.25, 0.3) is 0 Å².